The number of fused-ring (bicyclic) bond motifs is 1. The van der Waals surface area contributed by atoms with E-state index in [1.165, 1.54) is 11.3 Å². The number of carbonyl (C=O) groups is 1. The molecule has 2 heterocycles. The number of nitrogens with zero attached hydrogens (tertiary/aromatic N) is 3. The number of thiazole rings is 1. The zero-order valence-corrected chi connectivity index (χ0v) is 20.0. The summed E-state index contributed by atoms with van der Waals surface area (Å²) < 4.78 is 17.2. The van der Waals surface area contributed by atoms with Crippen LogP contribution < -0.4 is 14.4 Å². The lowest BCUT2D eigenvalue weighted by atomic mass is 10.1. The van der Waals surface area contributed by atoms with E-state index < -0.39 is 0 Å². The van der Waals surface area contributed by atoms with Crippen LogP contribution in [0.25, 0.3) is 10.2 Å². The van der Waals surface area contributed by atoms with E-state index in [2.05, 4.69) is 4.90 Å². The molecule has 1 aliphatic rings. The van der Waals surface area contributed by atoms with Gasteiger partial charge in [0.25, 0.3) is 5.91 Å². The highest BCUT2D eigenvalue weighted by atomic mass is 35.5. The maximum Gasteiger partial charge on any atom is 0.260 e. The zero-order chi connectivity index (χ0) is 22.7. The van der Waals surface area contributed by atoms with E-state index in [4.69, 9.17) is 30.8 Å². The molecule has 3 aromatic rings. The van der Waals surface area contributed by atoms with Crippen molar-refractivity contribution in [3.63, 3.8) is 0 Å². The summed E-state index contributed by atoms with van der Waals surface area (Å²) in [5.74, 6) is 0.971. The number of rotatable bonds is 7. The molecule has 0 saturated carbocycles. The first kappa shape index (κ1) is 22.8. The lowest BCUT2D eigenvalue weighted by Crippen LogP contribution is -2.43. The number of morpholine rings is 1. The molecule has 0 spiro atoms. The van der Waals surface area contributed by atoms with Gasteiger partial charge in [-0.25, -0.2) is 4.98 Å². The van der Waals surface area contributed by atoms with Gasteiger partial charge in [-0.05, 0) is 36.8 Å². The molecule has 1 fully saturated rings. The maximum absolute atomic E-state index is 13.7. The van der Waals surface area contributed by atoms with Gasteiger partial charge in [-0.15, -0.1) is 0 Å². The van der Waals surface area contributed by atoms with E-state index in [1.54, 1.807) is 37.3 Å². The van der Waals surface area contributed by atoms with Crippen molar-refractivity contribution >= 4 is 44.2 Å². The molecule has 1 amide bonds. The lowest BCUT2D eigenvalue weighted by molar-refractivity contribution is 0.0391. The normalized spacial score (nSPS) is 14.5. The van der Waals surface area contributed by atoms with Crippen molar-refractivity contribution in [2.75, 3.05) is 58.5 Å². The third-order valence-electron chi connectivity index (χ3n) is 5.55. The third kappa shape index (κ3) is 4.83. The number of anilines is 1. The van der Waals surface area contributed by atoms with Gasteiger partial charge < -0.3 is 14.2 Å². The zero-order valence-electron chi connectivity index (χ0n) is 18.4. The van der Waals surface area contributed by atoms with E-state index in [1.807, 2.05) is 19.1 Å². The molecule has 1 aromatic heterocycles. The number of aromatic nitrogens is 1. The topological polar surface area (TPSA) is 64.1 Å². The van der Waals surface area contributed by atoms with Crippen LogP contribution in [0, 0.1) is 6.92 Å². The number of amides is 1. The predicted molar refractivity (Wildman–Crippen MR) is 128 cm³/mol. The van der Waals surface area contributed by atoms with Crippen molar-refractivity contribution < 1.29 is 19.0 Å². The quantitative estimate of drug-likeness (QED) is 0.509. The van der Waals surface area contributed by atoms with E-state index in [-0.39, 0.29) is 5.91 Å². The Hall–Kier alpha value is -2.39. The molecule has 0 atom stereocenters. The van der Waals surface area contributed by atoms with Gasteiger partial charge in [-0.2, -0.15) is 0 Å². The molecule has 0 radical (unpaired) electrons. The summed E-state index contributed by atoms with van der Waals surface area (Å²) in [5, 5.41) is 1.31. The molecular weight excluding hydrogens is 450 g/mol. The Morgan fingerprint density at radius 3 is 2.53 bits per heavy atom. The lowest BCUT2D eigenvalue weighted by Gasteiger charge is -2.29. The Kier molecular flexibility index (Phi) is 7.15. The summed E-state index contributed by atoms with van der Waals surface area (Å²) in [5.41, 5.74) is 2.22. The van der Waals surface area contributed by atoms with E-state index >= 15 is 0 Å². The molecule has 9 heteroatoms. The molecule has 7 nitrogen and oxygen atoms in total. The Morgan fingerprint density at radius 1 is 1.19 bits per heavy atom. The second-order valence-electron chi connectivity index (χ2n) is 7.53. The second kappa shape index (κ2) is 10.0. The van der Waals surface area contributed by atoms with E-state index in [0.29, 0.717) is 47.0 Å². The average Bonchev–Trinajstić information content (AvgIpc) is 3.26. The van der Waals surface area contributed by atoms with Gasteiger partial charge in [0.15, 0.2) is 5.13 Å². The van der Waals surface area contributed by atoms with Crippen molar-refractivity contribution in [2.45, 2.75) is 6.92 Å². The summed E-state index contributed by atoms with van der Waals surface area (Å²) in [6.07, 6.45) is 0. The Morgan fingerprint density at radius 2 is 1.88 bits per heavy atom. The van der Waals surface area contributed by atoms with Crippen LogP contribution in [0.15, 0.2) is 30.3 Å². The summed E-state index contributed by atoms with van der Waals surface area (Å²) in [6, 6.07) is 9.01. The van der Waals surface area contributed by atoms with Crippen LogP contribution in [-0.2, 0) is 4.74 Å². The van der Waals surface area contributed by atoms with Crippen LogP contribution in [-0.4, -0.2) is 69.4 Å². The largest absolute Gasteiger partial charge is 0.497 e. The monoisotopic (exact) mass is 475 g/mol. The first-order valence-corrected chi connectivity index (χ1v) is 11.6. The maximum atomic E-state index is 13.7. The Balaban J connectivity index is 1.70. The second-order valence-corrected chi connectivity index (χ2v) is 8.94. The summed E-state index contributed by atoms with van der Waals surface area (Å²) in [7, 11) is 3.14. The summed E-state index contributed by atoms with van der Waals surface area (Å²) >= 11 is 7.79. The van der Waals surface area contributed by atoms with Crippen molar-refractivity contribution in [1.82, 2.24) is 9.88 Å². The molecule has 170 valence electrons. The van der Waals surface area contributed by atoms with Crippen molar-refractivity contribution in [3.05, 3.63) is 46.5 Å². The van der Waals surface area contributed by atoms with Gasteiger partial charge in [0.1, 0.15) is 11.5 Å². The van der Waals surface area contributed by atoms with Crippen molar-refractivity contribution in [2.24, 2.45) is 0 Å². The van der Waals surface area contributed by atoms with Gasteiger partial charge in [-0.1, -0.05) is 22.9 Å². The minimum atomic E-state index is -0.154. The number of hydrogen-bond acceptors (Lipinski definition) is 7. The number of methoxy groups -OCH3 is 2. The van der Waals surface area contributed by atoms with Crippen LogP contribution in [0.3, 0.4) is 0 Å². The first-order valence-electron chi connectivity index (χ1n) is 10.4. The molecule has 1 aliphatic heterocycles. The molecule has 0 bridgehead atoms. The highest BCUT2D eigenvalue weighted by Gasteiger charge is 2.24. The first-order chi connectivity index (χ1) is 15.5. The van der Waals surface area contributed by atoms with Crippen molar-refractivity contribution in [1.29, 1.82) is 0 Å². The van der Waals surface area contributed by atoms with Gasteiger partial charge in [0, 0.05) is 42.8 Å². The van der Waals surface area contributed by atoms with Crippen LogP contribution in [0.2, 0.25) is 5.02 Å². The molecule has 1 saturated heterocycles. The van der Waals surface area contributed by atoms with Crippen LogP contribution in [0.1, 0.15) is 15.9 Å². The minimum Gasteiger partial charge on any atom is -0.497 e. The van der Waals surface area contributed by atoms with Gasteiger partial charge in [-0.3, -0.25) is 14.6 Å². The number of benzene rings is 2. The SMILES string of the molecule is COc1cc(OC)cc(C(=O)N(CCN2CCOCC2)c2nc3c(C)c(Cl)ccc3s2)c1. The molecule has 0 unspecified atom stereocenters. The third-order valence-corrected chi connectivity index (χ3v) is 7.01. The number of hydrogen-bond donors (Lipinski definition) is 0. The number of ether oxygens (including phenoxy) is 3. The van der Waals surface area contributed by atoms with E-state index in [0.717, 1.165) is 35.4 Å². The number of aryl methyl sites for hydroxylation is 1. The number of halogens is 1. The Labute approximate surface area is 196 Å². The average molecular weight is 476 g/mol. The van der Waals surface area contributed by atoms with Crippen molar-refractivity contribution in [3.8, 4) is 11.5 Å². The van der Waals surface area contributed by atoms with E-state index in [9.17, 15) is 4.79 Å². The fraction of sp³-hybridized carbons (Fsp3) is 0.391. The smallest absolute Gasteiger partial charge is 0.260 e. The molecule has 0 aliphatic carbocycles. The van der Waals surface area contributed by atoms with Crippen LogP contribution in [0.4, 0.5) is 5.13 Å². The summed E-state index contributed by atoms with van der Waals surface area (Å²) in [4.78, 5) is 22.5. The van der Waals surface area contributed by atoms with Gasteiger partial charge in [0.05, 0.1) is 37.6 Å². The molecule has 4 rings (SSSR count). The fourth-order valence-electron chi connectivity index (χ4n) is 3.64. The Bertz CT molecular complexity index is 1090. The van der Waals surface area contributed by atoms with Crippen LogP contribution >= 0.6 is 22.9 Å². The standard InChI is InChI=1S/C23H26ClN3O4S/c1-15-19(24)4-5-20-21(15)25-23(32-20)27(7-6-26-8-10-31-11-9-26)22(28)16-12-17(29-2)14-18(13-16)30-3/h4-5,12-14H,6-11H2,1-3H3. The van der Waals surface area contributed by atoms with Gasteiger partial charge >= 0.3 is 0 Å². The van der Waals surface area contributed by atoms with Gasteiger partial charge in [0.2, 0.25) is 0 Å². The fourth-order valence-corrected chi connectivity index (χ4v) is 4.84. The predicted octanol–water partition coefficient (Wildman–Crippen LogP) is 4.25. The minimum absolute atomic E-state index is 0.154. The summed E-state index contributed by atoms with van der Waals surface area (Å²) in [6.45, 7) is 6.30. The number of carbonyl (C=O) groups excluding carboxylic acids is 1. The molecular formula is C23H26ClN3O4S. The molecule has 32 heavy (non-hydrogen) atoms. The molecule has 0 N–H and O–H groups in total. The highest BCUT2D eigenvalue weighted by Crippen LogP contribution is 2.34. The highest BCUT2D eigenvalue weighted by molar-refractivity contribution is 7.22. The molecule has 2 aromatic carbocycles. The van der Waals surface area contributed by atoms with Crippen LogP contribution in [0.5, 0.6) is 11.5 Å².